The van der Waals surface area contributed by atoms with Crippen LogP contribution in [0.25, 0.3) is 55.0 Å². The Balaban J connectivity index is 1.15. The summed E-state index contributed by atoms with van der Waals surface area (Å²) < 4.78 is 4.59. The maximum Gasteiger partial charge on any atom is 0.0724 e. The highest BCUT2D eigenvalue weighted by molar-refractivity contribution is 6.09. The topological polar surface area (TPSA) is 38.9 Å². The molecular weight excluding hydrogens is 550 g/mol. The van der Waals surface area contributed by atoms with Crippen molar-refractivity contribution >= 4 is 60.7 Å². The molecule has 0 saturated carbocycles. The molecule has 0 saturated heterocycles. The number of nitrogens with zero attached hydrogens (tertiary/aromatic N) is 5. The SMILES string of the molecule is c1ccc(N(c2ccc(-n3c4ccccc4c4ccncc43)cc2)c2ccc(-n3c4ccccc4c4ccncc43)cc2)cc1. The number of pyridine rings is 2. The molecule has 0 radical (unpaired) electrons. The Labute approximate surface area is 259 Å². The summed E-state index contributed by atoms with van der Waals surface area (Å²) in [6.45, 7) is 0. The second-order valence-corrected chi connectivity index (χ2v) is 11.2. The molecule has 5 nitrogen and oxygen atoms in total. The van der Waals surface area contributed by atoms with Gasteiger partial charge in [-0.05, 0) is 84.9 Å². The first-order chi connectivity index (χ1) is 22.3. The van der Waals surface area contributed by atoms with E-state index in [2.05, 4.69) is 164 Å². The summed E-state index contributed by atoms with van der Waals surface area (Å²) in [5.74, 6) is 0. The van der Waals surface area contributed by atoms with Crippen molar-refractivity contribution in [3.05, 3.63) is 164 Å². The third-order valence-electron chi connectivity index (χ3n) is 8.70. The molecule has 4 aromatic heterocycles. The van der Waals surface area contributed by atoms with Crippen LogP contribution in [0.4, 0.5) is 17.1 Å². The van der Waals surface area contributed by atoms with E-state index in [-0.39, 0.29) is 0 Å². The molecule has 0 spiro atoms. The minimum Gasteiger partial charge on any atom is -0.311 e. The van der Waals surface area contributed by atoms with E-state index in [1.807, 2.05) is 24.8 Å². The number of aromatic nitrogens is 4. The van der Waals surface area contributed by atoms with Crippen molar-refractivity contribution in [2.45, 2.75) is 0 Å². The van der Waals surface area contributed by atoms with Gasteiger partial charge in [-0.3, -0.25) is 9.97 Å². The van der Waals surface area contributed by atoms with Gasteiger partial charge in [-0.1, -0.05) is 54.6 Å². The molecule has 9 rings (SSSR count). The minimum atomic E-state index is 1.08. The van der Waals surface area contributed by atoms with Gasteiger partial charge < -0.3 is 14.0 Å². The number of benzene rings is 5. The number of hydrogen-bond donors (Lipinski definition) is 0. The van der Waals surface area contributed by atoms with Crippen molar-refractivity contribution in [3.8, 4) is 11.4 Å². The molecule has 0 N–H and O–H groups in total. The van der Waals surface area contributed by atoms with Crippen molar-refractivity contribution in [1.82, 2.24) is 19.1 Å². The lowest BCUT2D eigenvalue weighted by Gasteiger charge is -2.26. The number of rotatable bonds is 5. The molecule has 0 bridgehead atoms. The number of hydrogen-bond acceptors (Lipinski definition) is 3. The Morgan fingerprint density at radius 2 is 0.756 bits per heavy atom. The van der Waals surface area contributed by atoms with E-state index >= 15 is 0 Å². The highest BCUT2D eigenvalue weighted by atomic mass is 15.1. The summed E-state index contributed by atoms with van der Waals surface area (Å²) in [7, 11) is 0. The molecule has 0 aliphatic rings. The fraction of sp³-hybridized carbons (Fsp3) is 0. The summed E-state index contributed by atoms with van der Waals surface area (Å²) >= 11 is 0. The lowest BCUT2D eigenvalue weighted by atomic mass is 10.1. The van der Waals surface area contributed by atoms with Crippen LogP contribution in [0.5, 0.6) is 0 Å². The standard InChI is InChI=1S/C40H27N5/c1-2-8-28(9-3-1)43(29-14-18-31(19-15-29)44-37-12-6-4-10-33(37)35-22-24-41-26-39(35)44)30-16-20-32(21-17-30)45-38-13-7-5-11-34(38)36-23-25-42-27-40(36)45/h1-27H. The van der Waals surface area contributed by atoms with Gasteiger partial charge in [0.2, 0.25) is 0 Å². The lowest BCUT2D eigenvalue weighted by Crippen LogP contribution is -2.10. The van der Waals surface area contributed by atoms with Gasteiger partial charge >= 0.3 is 0 Å². The van der Waals surface area contributed by atoms with Gasteiger partial charge in [-0.25, -0.2) is 0 Å². The van der Waals surface area contributed by atoms with Crippen LogP contribution in [0.15, 0.2) is 164 Å². The monoisotopic (exact) mass is 577 g/mol. The van der Waals surface area contributed by atoms with Crippen molar-refractivity contribution in [1.29, 1.82) is 0 Å². The summed E-state index contributed by atoms with van der Waals surface area (Å²) in [6.07, 6.45) is 7.63. The van der Waals surface area contributed by atoms with E-state index in [4.69, 9.17) is 0 Å². The Morgan fingerprint density at radius 1 is 0.356 bits per heavy atom. The van der Waals surface area contributed by atoms with Crippen molar-refractivity contribution in [2.75, 3.05) is 4.90 Å². The number of fused-ring (bicyclic) bond motifs is 6. The molecule has 5 heteroatoms. The quantitative estimate of drug-likeness (QED) is 0.204. The van der Waals surface area contributed by atoms with Gasteiger partial charge in [0.15, 0.2) is 0 Å². The smallest absolute Gasteiger partial charge is 0.0724 e. The molecule has 0 amide bonds. The summed E-state index contributed by atoms with van der Waals surface area (Å²) in [6, 6.07) is 49.4. The third kappa shape index (κ3) is 4.02. The zero-order valence-corrected chi connectivity index (χ0v) is 24.3. The fourth-order valence-electron chi connectivity index (χ4n) is 6.72. The largest absolute Gasteiger partial charge is 0.311 e. The first-order valence-corrected chi connectivity index (χ1v) is 15.1. The third-order valence-corrected chi connectivity index (χ3v) is 8.70. The van der Waals surface area contributed by atoms with Gasteiger partial charge in [-0.2, -0.15) is 0 Å². The molecule has 0 unspecified atom stereocenters. The normalized spacial score (nSPS) is 11.6. The molecule has 0 aliphatic heterocycles. The van der Waals surface area contributed by atoms with Crippen molar-refractivity contribution in [3.63, 3.8) is 0 Å². The summed E-state index contributed by atoms with van der Waals surface area (Å²) in [5.41, 5.74) is 10.00. The van der Waals surface area contributed by atoms with Crippen LogP contribution < -0.4 is 4.90 Å². The Bertz CT molecular complexity index is 2210. The number of para-hydroxylation sites is 3. The van der Waals surface area contributed by atoms with Crippen LogP contribution in [-0.2, 0) is 0 Å². The van der Waals surface area contributed by atoms with Gasteiger partial charge in [0.25, 0.3) is 0 Å². The molecule has 212 valence electrons. The Hall–Kier alpha value is -6.20. The van der Waals surface area contributed by atoms with Crippen molar-refractivity contribution < 1.29 is 0 Å². The molecule has 4 heterocycles. The summed E-state index contributed by atoms with van der Waals surface area (Å²) in [5, 5.41) is 4.86. The zero-order valence-electron chi connectivity index (χ0n) is 24.3. The predicted octanol–water partition coefficient (Wildman–Crippen LogP) is 10.1. The Kier molecular flexibility index (Phi) is 5.74. The van der Waals surface area contributed by atoms with Crippen LogP contribution in [-0.4, -0.2) is 19.1 Å². The first kappa shape index (κ1) is 25.3. The van der Waals surface area contributed by atoms with Crippen LogP contribution in [0.3, 0.4) is 0 Å². The maximum atomic E-state index is 4.44. The molecule has 5 aromatic carbocycles. The van der Waals surface area contributed by atoms with Crippen LogP contribution in [0, 0.1) is 0 Å². The highest BCUT2D eigenvalue weighted by Crippen LogP contribution is 2.38. The van der Waals surface area contributed by atoms with E-state index in [9.17, 15) is 0 Å². The molecule has 0 fully saturated rings. The van der Waals surface area contributed by atoms with E-state index in [1.54, 1.807) is 0 Å². The Morgan fingerprint density at radius 3 is 1.24 bits per heavy atom. The number of anilines is 3. The van der Waals surface area contributed by atoms with E-state index in [0.717, 1.165) is 39.5 Å². The minimum absolute atomic E-state index is 1.08. The van der Waals surface area contributed by atoms with Gasteiger partial charge in [0, 0.05) is 62.4 Å². The van der Waals surface area contributed by atoms with E-state index < -0.39 is 0 Å². The van der Waals surface area contributed by atoms with Gasteiger partial charge in [0.1, 0.15) is 0 Å². The average Bonchev–Trinajstić information content (AvgIpc) is 3.63. The van der Waals surface area contributed by atoms with Crippen molar-refractivity contribution in [2.24, 2.45) is 0 Å². The predicted molar refractivity (Wildman–Crippen MR) is 185 cm³/mol. The highest BCUT2D eigenvalue weighted by Gasteiger charge is 2.16. The van der Waals surface area contributed by atoms with Gasteiger partial charge in [0.05, 0.1) is 34.5 Å². The molecule has 0 aliphatic carbocycles. The van der Waals surface area contributed by atoms with Crippen LogP contribution >= 0.6 is 0 Å². The molecule has 9 aromatic rings. The van der Waals surface area contributed by atoms with Crippen LogP contribution in [0.1, 0.15) is 0 Å². The average molecular weight is 578 g/mol. The van der Waals surface area contributed by atoms with E-state index in [0.29, 0.717) is 0 Å². The van der Waals surface area contributed by atoms with Gasteiger partial charge in [-0.15, -0.1) is 0 Å². The maximum absolute atomic E-state index is 4.44. The summed E-state index contributed by atoms with van der Waals surface area (Å²) in [4.78, 5) is 11.2. The lowest BCUT2D eigenvalue weighted by molar-refractivity contribution is 1.15. The molecule has 0 atom stereocenters. The first-order valence-electron chi connectivity index (χ1n) is 15.1. The van der Waals surface area contributed by atoms with E-state index in [1.165, 1.54) is 32.6 Å². The second-order valence-electron chi connectivity index (χ2n) is 11.2. The van der Waals surface area contributed by atoms with Crippen LogP contribution in [0.2, 0.25) is 0 Å². The molecular formula is C40H27N5. The zero-order chi connectivity index (χ0) is 29.7. The fourth-order valence-corrected chi connectivity index (χ4v) is 6.72. The molecule has 45 heavy (non-hydrogen) atoms. The second kappa shape index (κ2) is 10.2.